The topological polar surface area (TPSA) is 69.6 Å². The molecule has 1 aromatic carbocycles. The third kappa shape index (κ3) is 1.76. The summed E-state index contributed by atoms with van der Waals surface area (Å²) in [4.78, 5) is 24.8. The monoisotopic (exact) mass is 246 g/mol. The van der Waals surface area contributed by atoms with Crippen LogP contribution in [0.1, 0.15) is 12.0 Å². The molecule has 2 aliphatic heterocycles. The number of benzene rings is 1. The van der Waals surface area contributed by atoms with E-state index in [0.717, 1.165) is 16.9 Å². The van der Waals surface area contributed by atoms with Crippen molar-refractivity contribution in [3.8, 4) is 0 Å². The summed E-state index contributed by atoms with van der Waals surface area (Å²) in [6.07, 6.45) is 0.763. The standard InChI is InChI=1S/C13H14N2O3/c16-7-8-3-13(18)15(6-8)10-1-2-11-9(4-10)5-12(17)14-11/h1-2,4,8,16H,3,5-7H2,(H,14,17). The predicted octanol–water partition coefficient (Wildman–Crippen LogP) is 0.526. The van der Waals surface area contributed by atoms with E-state index in [9.17, 15) is 9.59 Å². The van der Waals surface area contributed by atoms with Crippen molar-refractivity contribution in [2.45, 2.75) is 12.8 Å². The molecule has 0 radical (unpaired) electrons. The van der Waals surface area contributed by atoms with E-state index in [1.165, 1.54) is 0 Å². The first kappa shape index (κ1) is 11.2. The lowest BCUT2D eigenvalue weighted by atomic mass is 10.1. The molecule has 1 fully saturated rings. The van der Waals surface area contributed by atoms with Crippen molar-refractivity contribution < 1.29 is 14.7 Å². The maximum atomic E-state index is 11.8. The fraction of sp³-hybridized carbons (Fsp3) is 0.385. The summed E-state index contributed by atoms with van der Waals surface area (Å²) in [7, 11) is 0. The Morgan fingerprint density at radius 2 is 2.22 bits per heavy atom. The highest BCUT2D eigenvalue weighted by atomic mass is 16.3. The lowest BCUT2D eigenvalue weighted by Gasteiger charge is -2.17. The van der Waals surface area contributed by atoms with Crippen LogP contribution in [-0.2, 0) is 16.0 Å². The Bertz CT molecular complexity index is 527. The summed E-state index contributed by atoms with van der Waals surface area (Å²) in [5, 5.41) is 11.9. The van der Waals surface area contributed by atoms with Crippen molar-refractivity contribution in [1.82, 2.24) is 0 Å². The second-order valence-corrected chi connectivity index (χ2v) is 4.82. The summed E-state index contributed by atoms with van der Waals surface area (Å²) in [6.45, 7) is 0.586. The van der Waals surface area contributed by atoms with Gasteiger partial charge >= 0.3 is 0 Å². The van der Waals surface area contributed by atoms with Crippen molar-refractivity contribution in [3.63, 3.8) is 0 Å². The molecule has 5 heteroatoms. The third-order valence-corrected chi connectivity index (χ3v) is 3.49. The van der Waals surface area contributed by atoms with E-state index in [0.29, 0.717) is 19.4 Å². The molecule has 2 N–H and O–H groups in total. The third-order valence-electron chi connectivity index (χ3n) is 3.49. The summed E-state index contributed by atoms with van der Waals surface area (Å²) in [5.41, 5.74) is 2.57. The van der Waals surface area contributed by atoms with Crippen LogP contribution in [-0.4, -0.2) is 30.1 Å². The summed E-state index contributed by atoms with van der Waals surface area (Å²) < 4.78 is 0. The number of fused-ring (bicyclic) bond motifs is 1. The lowest BCUT2D eigenvalue weighted by Crippen LogP contribution is -2.24. The van der Waals surface area contributed by atoms with Crippen molar-refractivity contribution in [2.24, 2.45) is 5.92 Å². The zero-order chi connectivity index (χ0) is 12.7. The van der Waals surface area contributed by atoms with Crippen LogP contribution in [0.5, 0.6) is 0 Å². The number of hydrogen-bond acceptors (Lipinski definition) is 3. The van der Waals surface area contributed by atoms with E-state index >= 15 is 0 Å². The molecule has 0 saturated carbocycles. The van der Waals surface area contributed by atoms with Crippen LogP contribution in [0.4, 0.5) is 11.4 Å². The number of nitrogens with zero attached hydrogens (tertiary/aromatic N) is 1. The number of anilines is 2. The van der Waals surface area contributed by atoms with Crippen LogP contribution in [0.15, 0.2) is 18.2 Å². The van der Waals surface area contributed by atoms with E-state index in [1.54, 1.807) is 4.90 Å². The molecule has 1 aromatic rings. The number of carbonyl (C=O) groups is 2. The summed E-state index contributed by atoms with van der Waals surface area (Å²) >= 11 is 0. The number of aliphatic hydroxyl groups excluding tert-OH is 1. The van der Waals surface area contributed by atoms with Crippen molar-refractivity contribution in [2.75, 3.05) is 23.4 Å². The molecule has 0 bridgehead atoms. The minimum absolute atomic E-state index is 0.0110. The van der Waals surface area contributed by atoms with E-state index in [1.807, 2.05) is 18.2 Å². The average molecular weight is 246 g/mol. The van der Waals surface area contributed by atoms with Crippen LogP contribution >= 0.6 is 0 Å². The normalized spacial score (nSPS) is 22.3. The van der Waals surface area contributed by atoms with Crippen LogP contribution in [0.2, 0.25) is 0 Å². The van der Waals surface area contributed by atoms with Gasteiger partial charge in [-0.3, -0.25) is 9.59 Å². The Kier molecular flexibility index (Phi) is 2.56. The van der Waals surface area contributed by atoms with Gasteiger partial charge in [-0.05, 0) is 23.8 Å². The van der Waals surface area contributed by atoms with Gasteiger partial charge in [0.15, 0.2) is 0 Å². The largest absolute Gasteiger partial charge is 0.396 e. The van der Waals surface area contributed by atoms with Gasteiger partial charge in [-0.2, -0.15) is 0 Å². The smallest absolute Gasteiger partial charge is 0.228 e. The molecule has 0 spiro atoms. The SMILES string of the molecule is O=C1Cc2cc(N3CC(CO)CC3=O)ccc2N1. The molecular weight excluding hydrogens is 232 g/mol. The van der Waals surface area contributed by atoms with Gasteiger partial charge in [0, 0.05) is 36.9 Å². The molecule has 94 valence electrons. The Morgan fingerprint density at radius 3 is 2.94 bits per heavy atom. The van der Waals surface area contributed by atoms with Gasteiger partial charge in [-0.1, -0.05) is 0 Å². The summed E-state index contributed by atoms with van der Waals surface area (Å²) in [6, 6.07) is 5.54. The fourth-order valence-corrected chi connectivity index (χ4v) is 2.54. The number of rotatable bonds is 2. The molecule has 3 rings (SSSR count). The molecule has 1 atom stereocenters. The molecule has 0 aromatic heterocycles. The first-order chi connectivity index (χ1) is 8.67. The van der Waals surface area contributed by atoms with Gasteiger partial charge in [0.05, 0.1) is 6.42 Å². The zero-order valence-electron chi connectivity index (χ0n) is 9.85. The van der Waals surface area contributed by atoms with Gasteiger partial charge in [0.2, 0.25) is 11.8 Å². The highest BCUT2D eigenvalue weighted by Crippen LogP contribution is 2.31. The molecule has 2 amide bonds. The van der Waals surface area contributed by atoms with Crippen LogP contribution in [0.25, 0.3) is 0 Å². The Hall–Kier alpha value is -1.88. The molecular formula is C13H14N2O3. The fourth-order valence-electron chi connectivity index (χ4n) is 2.54. The highest BCUT2D eigenvalue weighted by Gasteiger charge is 2.30. The Morgan fingerprint density at radius 1 is 1.39 bits per heavy atom. The first-order valence-electron chi connectivity index (χ1n) is 6.01. The van der Waals surface area contributed by atoms with Crippen molar-refractivity contribution in [3.05, 3.63) is 23.8 Å². The molecule has 1 unspecified atom stereocenters. The summed E-state index contributed by atoms with van der Waals surface area (Å²) in [5.74, 6) is 0.0416. The molecule has 1 saturated heterocycles. The van der Waals surface area contributed by atoms with Crippen LogP contribution in [0, 0.1) is 5.92 Å². The Balaban J connectivity index is 1.88. The number of nitrogens with one attached hydrogen (secondary N) is 1. The maximum Gasteiger partial charge on any atom is 0.228 e. The zero-order valence-corrected chi connectivity index (χ0v) is 9.85. The van der Waals surface area contributed by atoms with Gasteiger partial charge in [-0.15, -0.1) is 0 Å². The molecule has 0 aliphatic carbocycles. The number of carbonyl (C=O) groups excluding carboxylic acids is 2. The van der Waals surface area contributed by atoms with E-state index in [-0.39, 0.29) is 24.3 Å². The van der Waals surface area contributed by atoms with E-state index in [4.69, 9.17) is 5.11 Å². The Labute approximate surface area is 104 Å². The maximum absolute atomic E-state index is 11.8. The average Bonchev–Trinajstić information content (AvgIpc) is 2.89. The van der Waals surface area contributed by atoms with Gasteiger partial charge < -0.3 is 15.3 Å². The van der Waals surface area contributed by atoms with E-state index in [2.05, 4.69) is 5.32 Å². The number of hydrogen-bond donors (Lipinski definition) is 2. The molecule has 18 heavy (non-hydrogen) atoms. The quantitative estimate of drug-likeness (QED) is 0.799. The van der Waals surface area contributed by atoms with Crippen molar-refractivity contribution in [1.29, 1.82) is 0 Å². The molecule has 2 aliphatic rings. The second-order valence-electron chi connectivity index (χ2n) is 4.82. The minimum atomic E-state index is -0.0110. The van der Waals surface area contributed by atoms with Crippen LogP contribution < -0.4 is 10.2 Å². The number of aliphatic hydroxyl groups is 1. The minimum Gasteiger partial charge on any atom is -0.396 e. The van der Waals surface area contributed by atoms with Crippen LogP contribution in [0.3, 0.4) is 0 Å². The first-order valence-corrected chi connectivity index (χ1v) is 6.01. The number of amides is 2. The highest BCUT2D eigenvalue weighted by molar-refractivity contribution is 6.01. The van der Waals surface area contributed by atoms with Crippen molar-refractivity contribution >= 4 is 23.2 Å². The van der Waals surface area contributed by atoms with Gasteiger partial charge in [-0.25, -0.2) is 0 Å². The lowest BCUT2D eigenvalue weighted by molar-refractivity contribution is -0.117. The molecule has 5 nitrogen and oxygen atoms in total. The van der Waals surface area contributed by atoms with Gasteiger partial charge in [0.1, 0.15) is 0 Å². The van der Waals surface area contributed by atoms with Gasteiger partial charge in [0.25, 0.3) is 0 Å². The molecule has 2 heterocycles. The predicted molar refractivity (Wildman–Crippen MR) is 66.3 cm³/mol. The second kappa shape index (κ2) is 4.10. The van der Waals surface area contributed by atoms with E-state index < -0.39 is 0 Å².